The fraction of sp³-hybridized carbons (Fsp3) is 0.381. The van der Waals surface area contributed by atoms with Crippen LogP contribution in [-0.2, 0) is 0 Å². The van der Waals surface area contributed by atoms with Crippen molar-refractivity contribution in [3.8, 4) is 5.75 Å². The molecule has 1 N–H and O–H groups in total. The summed E-state index contributed by atoms with van der Waals surface area (Å²) in [6.45, 7) is 5.84. The van der Waals surface area contributed by atoms with Gasteiger partial charge in [0.15, 0.2) is 0 Å². The highest BCUT2D eigenvalue weighted by atomic mass is 19.1. The molecule has 2 rings (SSSR count). The number of methoxy groups -OCH3 is 1. The number of benzene rings is 2. The molecule has 140 valence electrons. The van der Waals surface area contributed by atoms with Crippen LogP contribution >= 0.6 is 0 Å². The molecule has 2 aromatic carbocycles. The Morgan fingerprint density at radius 3 is 2.35 bits per heavy atom. The van der Waals surface area contributed by atoms with Crippen molar-refractivity contribution in [2.75, 3.05) is 21.2 Å². The maximum Gasteiger partial charge on any atom is 0.255 e. The van der Waals surface area contributed by atoms with Crippen LogP contribution in [0.5, 0.6) is 5.75 Å². The van der Waals surface area contributed by atoms with E-state index in [0.29, 0.717) is 11.1 Å². The Hall–Kier alpha value is -2.40. The van der Waals surface area contributed by atoms with Gasteiger partial charge in [-0.25, -0.2) is 4.39 Å². The molecular weight excluding hydrogens is 331 g/mol. The summed E-state index contributed by atoms with van der Waals surface area (Å²) in [4.78, 5) is 15.1. The van der Waals surface area contributed by atoms with Crippen molar-refractivity contribution in [3.05, 3.63) is 65.0 Å². The molecule has 1 atom stereocenters. The smallest absolute Gasteiger partial charge is 0.255 e. The Balaban J connectivity index is 2.46. The van der Waals surface area contributed by atoms with Crippen molar-refractivity contribution in [1.82, 2.24) is 10.2 Å². The van der Waals surface area contributed by atoms with E-state index in [-0.39, 0.29) is 23.2 Å². The number of carbonyl (C=O) groups is 1. The molecule has 1 amide bonds. The fourth-order valence-corrected chi connectivity index (χ4v) is 2.94. The van der Waals surface area contributed by atoms with E-state index in [2.05, 4.69) is 24.1 Å². The molecule has 0 saturated heterocycles. The van der Waals surface area contributed by atoms with Crippen LogP contribution in [0.25, 0.3) is 0 Å². The maximum absolute atomic E-state index is 13.7. The molecule has 5 heteroatoms. The number of nitrogens with one attached hydrogen (secondary N) is 1. The molecule has 1 unspecified atom stereocenters. The highest BCUT2D eigenvalue weighted by molar-refractivity contribution is 5.98. The van der Waals surface area contributed by atoms with Gasteiger partial charge in [-0.1, -0.05) is 30.3 Å². The van der Waals surface area contributed by atoms with Gasteiger partial charge in [-0.2, -0.15) is 0 Å². The third kappa shape index (κ3) is 4.05. The minimum atomic E-state index is -0.427. The summed E-state index contributed by atoms with van der Waals surface area (Å²) in [5.74, 6) is -0.485. The van der Waals surface area contributed by atoms with Crippen molar-refractivity contribution in [2.24, 2.45) is 0 Å². The van der Waals surface area contributed by atoms with Crippen LogP contribution in [0.1, 0.15) is 41.4 Å². The number of likely N-dealkylation sites (N-methyl/N-ethyl adjacent to an activating group) is 1. The minimum Gasteiger partial charge on any atom is -0.496 e. The first kappa shape index (κ1) is 19.9. The lowest BCUT2D eigenvalue weighted by atomic mass is 9.87. The van der Waals surface area contributed by atoms with Gasteiger partial charge < -0.3 is 15.0 Å². The first-order valence-corrected chi connectivity index (χ1v) is 8.55. The number of ether oxygens (including phenoxy) is 1. The Labute approximate surface area is 155 Å². The van der Waals surface area contributed by atoms with Crippen LogP contribution < -0.4 is 10.1 Å². The molecule has 4 nitrogen and oxygen atoms in total. The largest absolute Gasteiger partial charge is 0.496 e. The van der Waals surface area contributed by atoms with E-state index >= 15 is 0 Å². The topological polar surface area (TPSA) is 41.6 Å². The molecular formula is C21H27FN2O2. The number of hydrogen-bond donors (Lipinski definition) is 1. The normalized spacial score (nSPS) is 12.8. The highest BCUT2D eigenvalue weighted by Gasteiger charge is 2.35. The SMILES string of the molecule is COc1cc(F)cc(C)c1C(=O)NC(c1ccccc1)C(C)(C)N(C)C. The lowest BCUT2D eigenvalue weighted by molar-refractivity contribution is 0.0837. The van der Waals surface area contributed by atoms with Crippen LogP contribution in [0.15, 0.2) is 42.5 Å². The monoisotopic (exact) mass is 358 g/mol. The van der Waals surface area contributed by atoms with Crippen LogP contribution in [0, 0.1) is 12.7 Å². The number of halogens is 1. The van der Waals surface area contributed by atoms with Gasteiger partial charge in [-0.3, -0.25) is 4.79 Å². The van der Waals surface area contributed by atoms with Crippen molar-refractivity contribution in [2.45, 2.75) is 32.4 Å². The number of aryl methyl sites for hydroxylation is 1. The quantitative estimate of drug-likeness (QED) is 0.850. The summed E-state index contributed by atoms with van der Waals surface area (Å²) < 4.78 is 18.9. The lowest BCUT2D eigenvalue weighted by Crippen LogP contribution is -2.50. The average molecular weight is 358 g/mol. The predicted octanol–water partition coefficient (Wildman–Crippen LogP) is 3.95. The van der Waals surface area contributed by atoms with Crippen LogP contribution in [-0.4, -0.2) is 37.6 Å². The third-order valence-corrected chi connectivity index (χ3v) is 4.98. The van der Waals surface area contributed by atoms with Crippen LogP contribution in [0.3, 0.4) is 0 Å². The molecule has 0 radical (unpaired) electrons. The first-order valence-electron chi connectivity index (χ1n) is 8.55. The zero-order valence-electron chi connectivity index (χ0n) is 16.3. The Morgan fingerprint density at radius 1 is 1.19 bits per heavy atom. The maximum atomic E-state index is 13.7. The summed E-state index contributed by atoms with van der Waals surface area (Å²) in [5, 5.41) is 3.12. The number of hydrogen-bond acceptors (Lipinski definition) is 3. The van der Waals surface area contributed by atoms with Gasteiger partial charge in [-0.05, 0) is 52.1 Å². The van der Waals surface area contributed by atoms with Gasteiger partial charge in [0.05, 0.1) is 18.7 Å². The Bertz CT molecular complexity index is 773. The number of carbonyl (C=O) groups excluding carboxylic acids is 1. The first-order chi connectivity index (χ1) is 12.2. The Morgan fingerprint density at radius 2 is 1.81 bits per heavy atom. The molecule has 2 aromatic rings. The van der Waals surface area contributed by atoms with E-state index in [9.17, 15) is 9.18 Å². The van der Waals surface area contributed by atoms with E-state index < -0.39 is 5.82 Å². The summed E-state index contributed by atoms with van der Waals surface area (Å²) in [6, 6.07) is 12.1. The van der Waals surface area contributed by atoms with Crippen LogP contribution in [0.4, 0.5) is 4.39 Å². The molecule has 0 aliphatic heterocycles. The van der Waals surface area contributed by atoms with Gasteiger partial charge in [0, 0.05) is 11.6 Å². The van der Waals surface area contributed by atoms with Gasteiger partial charge in [0.25, 0.3) is 5.91 Å². The average Bonchev–Trinajstić information content (AvgIpc) is 2.59. The summed E-state index contributed by atoms with van der Waals surface area (Å²) in [5.41, 5.74) is 1.54. The molecule has 0 bridgehead atoms. The highest BCUT2D eigenvalue weighted by Crippen LogP contribution is 2.31. The van der Waals surface area contributed by atoms with Crippen molar-refractivity contribution in [3.63, 3.8) is 0 Å². The molecule has 0 aliphatic carbocycles. The molecule has 0 fully saturated rings. The summed E-state index contributed by atoms with van der Waals surface area (Å²) >= 11 is 0. The second-order valence-corrected chi connectivity index (χ2v) is 7.17. The van der Waals surface area contributed by atoms with Gasteiger partial charge >= 0.3 is 0 Å². The molecule has 0 spiro atoms. The third-order valence-electron chi connectivity index (χ3n) is 4.98. The van der Waals surface area contributed by atoms with Crippen LogP contribution in [0.2, 0.25) is 0 Å². The molecule has 0 heterocycles. The number of nitrogens with zero attached hydrogens (tertiary/aromatic N) is 1. The lowest BCUT2D eigenvalue weighted by Gasteiger charge is -2.41. The van der Waals surface area contributed by atoms with E-state index in [1.165, 1.54) is 19.2 Å². The van der Waals surface area contributed by atoms with Crippen molar-refractivity contribution < 1.29 is 13.9 Å². The second kappa shape index (κ2) is 7.87. The predicted molar refractivity (Wildman–Crippen MR) is 102 cm³/mol. The summed E-state index contributed by atoms with van der Waals surface area (Å²) in [6.07, 6.45) is 0. The number of rotatable bonds is 6. The van der Waals surface area contributed by atoms with Crippen molar-refractivity contribution in [1.29, 1.82) is 0 Å². The zero-order valence-corrected chi connectivity index (χ0v) is 16.3. The molecule has 0 aliphatic rings. The molecule has 0 aromatic heterocycles. The van der Waals surface area contributed by atoms with Gasteiger partial charge in [0.1, 0.15) is 11.6 Å². The van der Waals surface area contributed by atoms with E-state index in [1.807, 2.05) is 44.4 Å². The number of amides is 1. The van der Waals surface area contributed by atoms with Gasteiger partial charge in [-0.15, -0.1) is 0 Å². The van der Waals surface area contributed by atoms with Crippen molar-refractivity contribution >= 4 is 5.91 Å². The summed E-state index contributed by atoms with van der Waals surface area (Å²) in [7, 11) is 5.39. The second-order valence-electron chi connectivity index (χ2n) is 7.17. The molecule has 26 heavy (non-hydrogen) atoms. The van der Waals surface area contributed by atoms with Gasteiger partial charge in [0.2, 0.25) is 0 Å². The standard InChI is InChI=1S/C21H27FN2O2/c1-14-12-16(22)13-17(26-6)18(14)20(25)23-19(21(2,3)24(4)5)15-10-8-7-9-11-15/h7-13,19H,1-6H3,(H,23,25). The van der Waals surface area contributed by atoms with E-state index in [0.717, 1.165) is 5.56 Å². The fourth-order valence-electron chi connectivity index (χ4n) is 2.94. The molecule has 0 saturated carbocycles. The minimum absolute atomic E-state index is 0.231. The van der Waals surface area contributed by atoms with E-state index in [1.54, 1.807) is 6.92 Å². The Kier molecular flexibility index (Phi) is 6.03. The zero-order chi connectivity index (χ0) is 19.5. The van der Waals surface area contributed by atoms with E-state index in [4.69, 9.17) is 4.74 Å².